The van der Waals surface area contributed by atoms with Crippen LogP contribution in [0.15, 0.2) is 22.7 Å². The molecule has 1 unspecified atom stereocenters. The van der Waals surface area contributed by atoms with E-state index in [1.807, 2.05) is 6.07 Å². The van der Waals surface area contributed by atoms with Crippen molar-refractivity contribution < 1.29 is 5.11 Å². The van der Waals surface area contributed by atoms with E-state index in [4.69, 9.17) is 0 Å². The second-order valence-electron chi connectivity index (χ2n) is 3.15. The fourth-order valence-electron chi connectivity index (χ4n) is 1.14. The van der Waals surface area contributed by atoms with Gasteiger partial charge in [-0.1, -0.05) is 28.1 Å². The molecular formula is C10H13BrO. The third-order valence-electron chi connectivity index (χ3n) is 1.72. The molecule has 0 bridgehead atoms. The molecule has 12 heavy (non-hydrogen) atoms. The minimum absolute atomic E-state index is 0.274. The van der Waals surface area contributed by atoms with Gasteiger partial charge < -0.3 is 5.11 Å². The van der Waals surface area contributed by atoms with E-state index in [9.17, 15) is 5.11 Å². The highest BCUT2D eigenvalue weighted by Crippen LogP contribution is 2.19. The Morgan fingerprint density at radius 3 is 2.67 bits per heavy atom. The van der Waals surface area contributed by atoms with E-state index in [1.165, 1.54) is 5.56 Å². The van der Waals surface area contributed by atoms with Gasteiger partial charge in [0, 0.05) is 4.47 Å². The molecule has 1 atom stereocenters. The summed E-state index contributed by atoms with van der Waals surface area (Å²) in [6, 6.07) is 6.17. The van der Waals surface area contributed by atoms with Gasteiger partial charge >= 0.3 is 0 Å². The molecule has 0 aromatic heterocycles. The lowest BCUT2D eigenvalue weighted by molar-refractivity contribution is 0.195. The Bertz CT molecular complexity index is 269. The molecule has 0 saturated heterocycles. The molecule has 0 heterocycles. The molecule has 0 fully saturated rings. The van der Waals surface area contributed by atoms with Gasteiger partial charge in [0.25, 0.3) is 0 Å². The molecule has 0 saturated carbocycles. The second kappa shape index (κ2) is 4.06. The molecule has 2 heteroatoms. The highest BCUT2D eigenvalue weighted by molar-refractivity contribution is 9.10. The minimum atomic E-state index is -0.274. The van der Waals surface area contributed by atoms with Crippen molar-refractivity contribution in [1.29, 1.82) is 0 Å². The topological polar surface area (TPSA) is 20.2 Å². The Kier molecular flexibility index (Phi) is 3.29. The smallest absolute Gasteiger partial charge is 0.0552 e. The summed E-state index contributed by atoms with van der Waals surface area (Å²) in [5.74, 6) is 0. The molecule has 0 aliphatic rings. The Labute approximate surface area is 81.6 Å². The molecule has 0 aliphatic heterocycles. The summed E-state index contributed by atoms with van der Waals surface area (Å²) in [6.45, 7) is 3.85. The lowest BCUT2D eigenvalue weighted by Crippen LogP contribution is -2.04. The van der Waals surface area contributed by atoms with Gasteiger partial charge in [-0.05, 0) is 37.5 Å². The third kappa shape index (κ3) is 2.61. The van der Waals surface area contributed by atoms with Crippen molar-refractivity contribution in [2.75, 3.05) is 0 Å². The number of aryl methyl sites for hydroxylation is 1. The van der Waals surface area contributed by atoms with E-state index in [-0.39, 0.29) is 6.10 Å². The zero-order chi connectivity index (χ0) is 9.14. The zero-order valence-corrected chi connectivity index (χ0v) is 8.93. The van der Waals surface area contributed by atoms with Gasteiger partial charge in [-0.25, -0.2) is 0 Å². The summed E-state index contributed by atoms with van der Waals surface area (Å²) in [7, 11) is 0. The molecule has 1 nitrogen and oxygen atoms in total. The van der Waals surface area contributed by atoms with Crippen LogP contribution in [-0.2, 0) is 6.42 Å². The normalized spacial score (nSPS) is 13.0. The first kappa shape index (κ1) is 9.75. The van der Waals surface area contributed by atoms with E-state index in [2.05, 4.69) is 35.0 Å². The van der Waals surface area contributed by atoms with Gasteiger partial charge in [-0.3, -0.25) is 0 Å². The predicted octanol–water partition coefficient (Wildman–Crippen LogP) is 2.68. The molecule has 1 rings (SSSR count). The summed E-state index contributed by atoms with van der Waals surface area (Å²) in [4.78, 5) is 0. The van der Waals surface area contributed by atoms with Crippen LogP contribution >= 0.6 is 15.9 Å². The lowest BCUT2D eigenvalue weighted by Gasteiger charge is -2.07. The van der Waals surface area contributed by atoms with Crippen molar-refractivity contribution in [3.05, 3.63) is 33.8 Å². The Morgan fingerprint density at radius 1 is 1.50 bits per heavy atom. The standard InChI is InChI=1S/C10H13BrO/c1-7-3-4-9(6-8(2)12)10(11)5-7/h3-5,8,12H,6H2,1-2H3. The van der Waals surface area contributed by atoms with Gasteiger partial charge in [0.1, 0.15) is 0 Å². The number of rotatable bonds is 2. The molecule has 1 N–H and O–H groups in total. The van der Waals surface area contributed by atoms with Crippen LogP contribution in [0.5, 0.6) is 0 Å². The number of hydrogen-bond acceptors (Lipinski definition) is 1. The molecule has 0 amide bonds. The van der Waals surface area contributed by atoms with Gasteiger partial charge in [-0.15, -0.1) is 0 Å². The molecule has 66 valence electrons. The second-order valence-corrected chi connectivity index (χ2v) is 4.00. The number of benzene rings is 1. The van der Waals surface area contributed by atoms with Crippen molar-refractivity contribution in [2.45, 2.75) is 26.4 Å². The highest BCUT2D eigenvalue weighted by atomic mass is 79.9. The molecule has 1 aromatic carbocycles. The zero-order valence-electron chi connectivity index (χ0n) is 7.34. The molecule has 1 aromatic rings. The molecule has 0 radical (unpaired) electrons. The summed E-state index contributed by atoms with van der Waals surface area (Å²) < 4.78 is 1.09. The van der Waals surface area contributed by atoms with Crippen molar-refractivity contribution in [3.8, 4) is 0 Å². The molecule has 0 aliphatic carbocycles. The summed E-state index contributed by atoms with van der Waals surface area (Å²) >= 11 is 3.46. The van der Waals surface area contributed by atoms with Crippen molar-refractivity contribution in [1.82, 2.24) is 0 Å². The monoisotopic (exact) mass is 228 g/mol. The van der Waals surface area contributed by atoms with Crippen molar-refractivity contribution in [3.63, 3.8) is 0 Å². The van der Waals surface area contributed by atoms with Gasteiger partial charge in [0.05, 0.1) is 6.10 Å². The molecular weight excluding hydrogens is 216 g/mol. The maximum atomic E-state index is 9.18. The molecule has 0 spiro atoms. The third-order valence-corrected chi connectivity index (χ3v) is 2.46. The largest absolute Gasteiger partial charge is 0.393 e. The minimum Gasteiger partial charge on any atom is -0.393 e. The highest BCUT2D eigenvalue weighted by Gasteiger charge is 2.02. The van der Waals surface area contributed by atoms with Crippen LogP contribution in [-0.4, -0.2) is 11.2 Å². The van der Waals surface area contributed by atoms with Crippen LogP contribution in [0.4, 0.5) is 0 Å². The summed E-state index contributed by atoms with van der Waals surface area (Å²) in [5.41, 5.74) is 2.40. The first-order chi connectivity index (χ1) is 5.59. The maximum Gasteiger partial charge on any atom is 0.0552 e. The average Bonchev–Trinajstić information content (AvgIpc) is 1.94. The van der Waals surface area contributed by atoms with Gasteiger partial charge in [0.15, 0.2) is 0 Å². The first-order valence-corrected chi connectivity index (χ1v) is 4.82. The first-order valence-electron chi connectivity index (χ1n) is 4.02. The Morgan fingerprint density at radius 2 is 2.17 bits per heavy atom. The fourth-order valence-corrected chi connectivity index (χ4v) is 1.79. The van der Waals surface area contributed by atoms with Crippen LogP contribution in [0.2, 0.25) is 0 Å². The fraction of sp³-hybridized carbons (Fsp3) is 0.400. The van der Waals surface area contributed by atoms with E-state index in [0.717, 1.165) is 10.0 Å². The number of aliphatic hydroxyl groups excluding tert-OH is 1. The van der Waals surface area contributed by atoms with E-state index < -0.39 is 0 Å². The van der Waals surface area contributed by atoms with Crippen LogP contribution in [0, 0.1) is 6.92 Å². The summed E-state index contributed by atoms with van der Waals surface area (Å²) in [5, 5.41) is 9.18. The number of aliphatic hydroxyl groups is 1. The maximum absolute atomic E-state index is 9.18. The quantitative estimate of drug-likeness (QED) is 0.826. The van der Waals surface area contributed by atoms with Crippen LogP contribution in [0.3, 0.4) is 0 Å². The van der Waals surface area contributed by atoms with E-state index in [0.29, 0.717) is 6.42 Å². The Hall–Kier alpha value is -0.340. The van der Waals surface area contributed by atoms with Crippen LogP contribution in [0.25, 0.3) is 0 Å². The predicted molar refractivity (Wildman–Crippen MR) is 54.3 cm³/mol. The SMILES string of the molecule is Cc1ccc(CC(C)O)c(Br)c1. The number of halogens is 1. The van der Waals surface area contributed by atoms with Gasteiger partial charge in [-0.2, -0.15) is 0 Å². The van der Waals surface area contributed by atoms with E-state index in [1.54, 1.807) is 6.92 Å². The van der Waals surface area contributed by atoms with Crippen LogP contribution < -0.4 is 0 Å². The average molecular weight is 229 g/mol. The Balaban J connectivity index is 2.86. The van der Waals surface area contributed by atoms with Crippen molar-refractivity contribution in [2.24, 2.45) is 0 Å². The van der Waals surface area contributed by atoms with Crippen molar-refractivity contribution >= 4 is 15.9 Å². The van der Waals surface area contributed by atoms with Crippen LogP contribution in [0.1, 0.15) is 18.1 Å². The van der Waals surface area contributed by atoms with Gasteiger partial charge in [0.2, 0.25) is 0 Å². The van der Waals surface area contributed by atoms with E-state index >= 15 is 0 Å². The number of hydrogen-bond donors (Lipinski definition) is 1. The summed E-state index contributed by atoms with van der Waals surface area (Å²) in [6.07, 6.45) is 0.435. The lowest BCUT2D eigenvalue weighted by atomic mass is 10.1.